The first-order valence-electron chi connectivity index (χ1n) is 11.0. The molecule has 0 unspecified atom stereocenters. The summed E-state index contributed by atoms with van der Waals surface area (Å²) in [7, 11) is -1.53. The van der Waals surface area contributed by atoms with Crippen LogP contribution in [0.4, 0.5) is 5.82 Å². The van der Waals surface area contributed by atoms with Gasteiger partial charge in [0.15, 0.2) is 0 Å². The highest BCUT2D eigenvalue weighted by Crippen LogP contribution is 2.27. The number of amides is 1. The number of rotatable bonds is 8. The third kappa shape index (κ3) is 4.65. The van der Waals surface area contributed by atoms with Crippen molar-refractivity contribution in [3.05, 3.63) is 77.1 Å². The zero-order chi connectivity index (χ0) is 24.4. The van der Waals surface area contributed by atoms with Crippen molar-refractivity contribution in [2.24, 2.45) is 11.5 Å². The fourth-order valence-electron chi connectivity index (χ4n) is 3.88. The van der Waals surface area contributed by atoms with Crippen LogP contribution >= 0.6 is 0 Å². The van der Waals surface area contributed by atoms with E-state index in [1.807, 2.05) is 42.7 Å². The van der Waals surface area contributed by atoms with Gasteiger partial charge in [-0.2, -0.15) is 4.98 Å². The summed E-state index contributed by atoms with van der Waals surface area (Å²) in [6.45, 7) is 4.74. The van der Waals surface area contributed by atoms with E-state index in [4.69, 9.17) is 21.4 Å². The largest absolute Gasteiger partial charge is 0.488 e. The van der Waals surface area contributed by atoms with Gasteiger partial charge in [0.05, 0.1) is 11.2 Å². The second kappa shape index (κ2) is 9.64. The second-order valence-corrected chi connectivity index (χ2v) is 8.38. The minimum absolute atomic E-state index is 0.138. The number of aromatic nitrogens is 3. The predicted molar refractivity (Wildman–Crippen MR) is 133 cm³/mol. The fourth-order valence-corrected chi connectivity index (χ4v) is 3.88. The molecule has 0 radical (unpaired) electrons. The fraction of sp³-hybridized carbons (Fsp3) is 0.208. The summed E-state index contributed by atoms with van der Waals surface area (Å²) in [6, 6.07) is 16.1. The maximum Gasteiger partial charge on any atom is 0.488 e. The van der Waals surface area contributed by atoms with E-state index in [1.165, 1.54) is 0 Å². The Balaban J connectivity index is 1.78. The van der Waals surface area contributed by atoms with E-state index in [1.54, 1.807) is 30.3 Å². The molecule has 0 aliphatic rings. The van der Waals surface area contributed by atoms with Crippen LogP contribution in [0.3, 0.4) is 0 Å². The average Bonchev–Trinajstić information content (AvgIpc) is 3.21. The lowest BCUT2D eigenvalue weighted by Gasteiger charge is -2.15. The highest BCUT2D eigenvalue weighted by Gasteiger charge is 2.18. The van der Waals surface area contributed by atoms with Crippen molar-refractivity contribution in [1.82, 2.24) is 14.5 Å². The van der Waals surface area contributed by atoms with Gasteiger partial charge in [0.1, 0.15) is 5.82 Å². The number of fused-ring (bicyclic) bond motifs is 1. The van der Waals surface area contributed by atoms with Gasteiger partial charge in [-0.1, -0.05) is 44.2 Å². The Bertz CT molecular complexity index is 1350. The van der Waals surface area contributed by atoms with Crippen LogP contribution in [-0.2, 0) is 13.1 Å². The molecule has 0 atom stereocenters. The number of hydrogen-bond donors (Lipinski definition) is 5. The lowest BCUT2D eigenvalue weighted by molar-refractivity contribution is 0.100. The molecule has 9 nitrogen and oxygen atoms in total. The molecule has 10 heteroatoms. The van der Waals surface area contributed by atoms with E-state index >= 15 is 0 Å². The van der Waals surface area contributed by atoms with Gasteiger partial charge >= 0.3 is 7.12 Å². The molecule has 2 aromatic carbocycles. The number of anilines is 1. The quantitative estimate of drug-likeness (QED) is 0.250. The number of carbonyl (C=O) groups excluding carboxylic acids is 1. The smallest absolute Gasteiger partial charge is 0.423 e. The summed E-state index contributed by atoms with van der Waals surface area (Å²) in [5, 5.41) is 22.9. The van der Waals surface area contributed by atoms with Gasteiger partial charge < -0.3 is 26.8 Å². The Labute approximate surface area is 197 Å². The summed E-state index contributed by atoms with van der Waals surface area (Å²) < 4.78 is 1.85. The van der Waals surface area contributed by atoms with E-state index < -0.39 is 13.0 Å². The van der Waals surface area contributed by atoms with Crippen LogP contribution in [0.25, 0.3) is 16.9 Å². The normalized spacial score (nSPS) is 11.2. The van der Waals surface area contributed by atoms with E-state index in [0.717, 1.165) is 22.5 Å². The molecule has 0 bridgehead atoms. The van der Waals surface area contributed by atoms with E-state index in [2.05, 4.69) is 5.32 Å². The second-order valence-electron chi connectivity index (χ2n) is 8.38. The van der Waals surface area contributed by atoms with Crippen molar-refractivity contribution in [2.45, 2.75) is 32.9 Å². The van der Waals surface area contributed by atoms with Crippen LogP contribution in [0.15, 0.2) is 54.6 Å². The maximum atomic E-state index is 12.0. The third-order valence-electron chi connectivity index (χ3n) is 5.65. The standard InChI is InChI=1S/C24H27BN6O3/c1-14(2)20-11-22(28-13-15-5-3-6-16(9-15)25(33)34)30-24(29-20)31-17(12-26)10-19-18(23(27)32)7-4-8-21(19)31/h3-11,14,33-34H,12-13,26H2,1-2H3,(H2,27,32)(H,28,29,30). The van der Waals surface area contributed by atoms with Crippen molar-refractivity contribution >= 4 is 35.2 Å². The molecular weight excluding hydrogens is 431 g/mol. The first-order chi connectivity index (χ1) is 16.3. The summed E-state index contributed by atoms with van der Waals surface area (Å²) in [5.74, 6) is 0.671. The van der Waals surface area contributed by atoms with Crippen molar-refractivity contribution in [2.75, 3.05) is 5.32 Å². The van der Waals surface area contributed by atoms with Gasteiger partial charge in [0, 0.05) is 35.8 Å². The zero-order valence-corrected chi connectivity index (χ0v) is 19.1. The zero-order valence-electron chi connectivity index (χ0n) is 19.1. The SMILES string of the molecule is CC(C)c1cc(NCc2cccc(B(O)O)c2)nc(-n2c(CN)cc3c(C(N)=O)cccc32)n1. The van der Waals surface area contributed by atoms with Gasteiger partial charge in [-0.25, -0.2) is 4.98 Å². The highest BCUT2D eigenvalue weighted by atomic mass is 16.4. The van der Waals surface area contributed by atoms with E-state index in [9.17, 15) is 14.8 Å². The first kappa shape index (κ1) is 23.4. The van der Waals surface area contributed by atoms with Crippen LogP contribution in [0.2, 0.25) is 0 Å². The van der Waals surface area contributed by atoms with Gasteiger partial charge in [0.25, 0.3) is 0 Å². The minimum atomic E-state index is -1.53. The molecule has 1 amide bonds. The summed E-state index contributed by atoms with van der Waals surface area (Å²) in [4.78, 5) is 21.5. The van der Waals surface area contributed by atoms with Crippen molar-refractivity contribution in [3.63, 3.8) is 0 Å². The number of carbonyl (C=O) groups is 1. The molecule has 0 saturated heterocycles. The number of benzene rings is 2. The molecule has 0 fully saturated rings. The lowest BCUT2D eigenvalue weighted by Crippen LogP contribution is -2.30. The Morgan fingerprint density at radius 2 is 1.88 bits per heavy atom. The predicted octanol–water partition coefficient (Wildman–Crippen LogP) is 1.39. The molecule has 174 valence electrons. The van der Waals surface area contributed by atoms with Gasteiger partial charge in [0.2, 0.25) is 11.9 Å². The lowest BCUT2D eigenvalue weighted by atomic mass is 9.80. The Morgan fingerprint density at radius 3 is 2.56 bits per heavy atom. The molecule has 0 aliphatic carbocycles. The Morgan fingerprint density at radius 1 is 1.12 bits per heavy atom. The molecule has 0 aliphatic heterocycles. The van der Waals surface area contributed by atoms with Crippen LogP contribution in [0.5, 0.6) is 0 Å². The number of primary amides is 1. The molecule has 0 spiro atoms. The molecule has 2 aromatic heterocycles. The number of nitrogens with one attached hydrogen (secondary N) is 1. The van der Waals surface area contributed by atoms with Crippen LogP contribution in [0, 0.1) is 0 Å². The third-order valence-corrected chi connectivity index (χ3v) is 5.65. The molecular formula is C24H27BN6O3. The van der Waals surface area contributed by atoms with Crippen molar-refractivity contribution < 1.29 is 14.8 Å². The van der Waals surface area contributed by atoms with E-state index in [-0.39, 0.29) is 12.5 Å². The van der Waals surface area contributed by atoms with Gasteiger partial charge in [-0.05, 0) is 35.1 Å². The molecule has 2 heterocycles. The van der Waals surface area contributed by atoms with Gasteiger partial charge in [-0.15, -0.1) is 0 Å². The summed E-state index contributed by atoms with van der Waals surface area (Å²) >= 11 is 0. The van der Waals surface area contributed by atoms with Gasteiger partial charge in [-0.3, -0.25) is 9.36 Å². The van der Waals surface area contributed by atoms with E-state index in [0.29, 0.717) is 34.7 Å². The van der Waals surface area contributed by atoms with Crippen LogP contribution in [-0.4, -0.2) is 37.6 Å². The van der Waals surface area contributed by atoms with Crippen LogP contribution in [0.1, 0.15) is 47.1 Å². The molecule has 0 saturated carbocycles. The number of hydrogen-bond acceptors (Lipinski definition) is 7. The summed E-state index contributed by atoms with van der Waals surface area (Å²) in [5.41, 5.74) is 15.7. The minimum Gasteiger partial charge on any atom is -0.423 e. The monoisotopic (exact) mass is 458 g/mol. The molecule has 4 aromatic rings. The van der Waals surface area contributed by atoms with Crippen LogP contribution < -0.4 is 22.2 Å². The molecule has 7 N–H and O–H groups in total. The Hall–Kier alpha value is -3.73. The van der Waals surface area contributed by atoms with Crippen molar-refractivity contribution in [1.29, 1.82) is 0 Å². The number of nitrogens with two attached hydrogens (primary N) is 2. The topological polar surface area (TPSA) is 152 Å². The Kier molecular flexibility index (Phi) is 6.64. The molecule has 4 rings (SSSR count). The maximum absolute atomic E-state index is 12.0. The first-order valence-corrected chi connectivity index (χ1v) is 11.0. The highest BCUT2D eigenvalue weighted by molar-refractivity contribution is 6.58. The summed E-state index contributed by atoms with van der Waals surface area (Å²) in [6.07, 6.45) is 0. The molecule has 34 heavy (non-hydrogen) atoms. The number of nitrogens with zero attached hydrogens (tertiary/aromatic N) is 3. The van der Waals surface area contributed by atoms with Crippen molar-refractivity contribution in [3.8, 4) is 5.95 Å². The average molecular weight is 458 g/mol.